The lowest BCUT2D eigenvalue weighted by molar-refractivity contribution is 0.0255. The zero-order chi connectivity index (χ0) is 19.8. The number of rotatable bonds is 0. The highest BCUT2D eigenvalue weighted by Gasteiger charge is 2.53. The molecule has 2 aliphatic heterocycles. The molecule has 6 heteroatoms. The predicted octanol–water partition coefficient (Wildman–Crippen LogP) is 3.35. The summed E-state index contributed by atoms with van der Waals surface area (Å²) in [6, 6.07) is 15.9. The number of halogens is 1. The first-order valence-corrected chi connectivity index (χ1v) is 12.4. The highest BCUT2D eigenvalue weighted by molar-refractivity contribution is 7.02. The highest BCUT2D eigenvalue weighted by Crippen LogP contribution is 2.50. The number of carbonyl (C=O) groups excluding carboxylic acids is 1. The van der Waals surface area contributed by atoms with Crippen LogP contribution in [-0.2, 0) is 10.3 Å². The van der Waals surface area contributed by atoms with Crippen molar-refractivity contribution in [2.45, 2.75) is 18.7 Å². The molecule has 0 saturated heterocycles. The third-order valence-electron chi connectivity index (χ3n) is 5.95. The number of ether oxygens (including phenoxy) is 1. The Bertz CT molecular complexity index is 1190. The van der Waals surface area contributed by atoms with E-state index >= 15 is 0 Å². The van der Waals surface area contributed by atoms with E-state index in [0.717, 1.165) is 27.1 Å². The lowest BCUT2D eigenvalue weighted by atomic mass is 9.79. The largest absolute Gasteiger partial charge is 0.508 e. The van der Waals surface area contributed by atoms with E-state index in [9.17, 15) is 15.0 Å². The monoisotopic (exact) mass is 408 g/mol. The Morgan fingerprint density at radius 2 is 1.68 bits per heavy atom. The van der Waals surface area contributed by atoms with Gasteiger partial charge in [-0.2, -0.15) is 23.5 Å². The van der Waals surface area contributed by atoms with Gasteiger partial charge in [0, 0.05) is 5.56 Å². The normalized spacial score (nSPS) is 21.0. The van der Waals surface area contributed by atoms with Gasteiger partial charge in [-0.25, -0.2) is 4.79 Å². The van der Waals surface area contributed by atoms with Crippen molar-refractivity contribution in [3.8, 4) is 11.5 Å². The van der Waals surface area contributed by atoms with Gasteiger partial charge in [0.15, 0.2) is 5.60 Å². The minimum atomic E-state index is -2.42. The molecule has 1 atom stereocenters. The summed E-state index contributed by atoms with van der Waals surface area (Å²) < 4.78 is 6.10. The van der Waals surface area contributed by atoms with Gasteiger partial charge in [0.25, 0.3) is 0 Å². The van der Waals surface area contributed by atoms with Gasteiger partial charge in [0.2, 0.25) is 0 Å². The SMILES string of the molecule is C[Si-]1(C)c2cc(O)ccc2C2(OC(=O)c3ccccc32)c2ccc(O)c(Cl)c21. The molecule has 0 bridgehead atoms. The van der Waals surface area contributed by atoms with Gasteiger partial charge in [-0.15, -0.1) is 0 Å². The van der Waals surface area contributed by atoms with Crippen LogP contribution in [0.2, 0.25) is 18.1 Å². The minimum absolute atomic E-state index is 0.00245. The summed E-state index contributed by atoms with van der Waals surface area (Å²) >= 11 is 6.61. The molecule has 0 saturated carbocycles. The van der Waals surface area contributed by atoms with Crippen molar-refractivity contribution < 1.29 is 19.7 Å². The Morgan fingerprint density at radius 1 is 0.964 bits per heavy atom. The molecule has 5 rings (SSSR count). The van der Waals surface area contributed by atoms with Crippen molar-refractivity contribution >= 4 is 36.0 Å². The summed E-state index contributed by atoms with van der Waals surface area (Å²) in [5, 5.41) is 22.5. The molecule has 3 aromatic rings. The minimum Gasteiger partial charge on any atom is -0.508 e. The lowest BCUT2D eigenvalue weighted by Gasteiger charge is -2.51. The molecular formula is C22H17ClO4Si-. The predicted molar refractivity (Wildman–Crippen MR) is 110 cm³/mol. The van der Waals surface area contributed by atoms with Gasteiger partial charge in [-0.05, 0) is 29.3 Å². The van der Waals surface area contributed by atoms with Crippen LogP contribution in [-0.4, -0.2) is 24.3 Å². The molecule has 3 aromatic carbocycles. The van der Waals surface area contributed by atoms with Crippen molar-refractivity contribution in [1.29, 1.82) is 0 Å². The molecule has 2 aliphatic rings. The van der Waals surface area contributed by atoms with Crippen LogP contribution in [0.25, 0.3) is 0 Å². The summed E-state index contributed by atoms with van der Waals surface area (Å²) in [5.74, 6) is -0.254. The van der Waals surface area contributed by atoms with E-state index in [4.69, 9.17) is 16.3 Å². The molecule has 0 radical (unpaired) electrons. The van der Waals surface area contributed by atoms with Crippen molar-refractivity contribution in [1.82, 2.24) is 0 Å². The average molecular weight is 409 g/mol. The first-order valence-electron chi connectivity index (χ1n) is 8.97. The molecule has 141 valence electrons. The van der Waals surface area contributed by atoms with E-state index in [1.165, 1.54) is 0 Å². The van der Waals surface area contributed by atoms with Crippen molar-refractivity contribution in [2.75, 3.05) is 0 Å². The molecule has 0 aliphatic carbocycles. The maximum Gasteiger partial charge on any atom is 0.340 e. The average Bonchev–Trinajstić information content (AvgIpc) is 2.96. The van der Waals surface area contributed by atoms with Gasteiger partial charge in [-0.1, -0.05) is 56.1 Å². The third kappa shape index (κ3) is 1.93. The number of benzene rings is 3. The Balaban J connectivity index is 2.00. The maximum absolute atomic E-state index is 12.8. The number of phenols is 2. The van der Waals surface area contributed by atoms with E-state index in [1.54, 1.807) is 30.3 Å². The van der Waals surface area contributed by atoms with Crippen LogP contribution >= 0.6 is 11.6 Å². The molecule has 0 fully saturated rings. The van der Waals surface area contributed by atoms with E-state index in [2.05, 4.69) is 13.1 Å². The van der Waals surface area contributed by atoms with Gasteiger partial charge < -0.3 is 14.9 Å². The van der Waals surface area contributed by atoms with E-state index in [1.807, 2.05) is 24.3 Å². The number of hydrogen-bond donors (Lipinski definition) is 2. The lowest BCUT2D eigenvalue weighted by Crippen LogP contribution is -2.63. The number of aromatic hydroxyl groups is 2. The van der Waals surface area contributed by atoms with Crippen LogP contribution in [0.4, 0.5) is 0 Å². The molecule has 0 aromatic heterocycles. The van der Waals surface area contributed by atoms with Crippen LogP contribution in [0.3, 0.4) is 0 Å². The van der Waals surface area contributed by atoms with Crippen LogP contribution in [0, 0.1) is 0 Å². The van der Waals surface area contributed by atoms with Gasteiger partial charge in [-0.3, -0.25) is 0 Å². The number of phenolic OH excluding ortho intramolecular Hbond substituents is 2. The Kier molecular flexibility index (Phi) is 3.34. The molecule has 1 spiro atoms. The fourth-order valence-corrected chi connectivity index (χ4v) is 8.92. The van der Waals surface area contributed by atoms with Gasteiger partial charge in [0.05, 0.1) is 10.6 Å². The third-order valence-corrected chi connectivity index (χ3v) is 10.0. The molecule has 28 heavy (non-hydrogen) atoms. The van der Waals surface area contributed by atoms with Crippen molar-refractivity contribution in [3.63, 3.8) is 0 Å². The Morgan fingerprint density at radius 3 is 2.46 bits per heavy atom. The number of hydrogen-bond acceptors (Lipinski definition) is 4. The summed E-state index contributed by atoms with van der Waals surface area (Å²) in [6.45, 7) is 4.23. The van der Waals surface area contributed by atoms with Crippen LogP contribution in [0.15, 0.2) is 54.6 Å². The zero-order valence-electron chi connectivity index (χ0n) is 15.3. The van der Waals surface area contributed by atoms with E-state index in [0.29, 0.717) is 5.56 Å². The maximum atomic E-state index is 12.8. The molecular weight excluding hydrogens is 392 g/mol. The standard InChI is InChI=1S/C22H17ClO4Si/c1-28(2)18-11-12(24)7-8-15(18)22(16-9-10-17(25)19(23)20(16)28)14-6-4-3-5-13(14)21(26)27-22/h3-11,24-25H,1-2H3/q-1. The highest BCUT2D eigenvalue weighted by atomic mass is 35.5. The van der Waals surface area contributed by atoms with Crippen LogP contribution in [0.1, 0.15) is 27.0 Å². The quantitative estimate of drug-likeness (QED) is 0.442. The first kappa shape index (κ1) is 17.3. The summed E-state index contributed by atoms with van der Waals surface area (Å²) in [5.41, 5.74) is 1.74. The van der Waals surface area contributed by atoms with E-state index in [-0.39, 0.29) is 16.5 Å². The second-order valence-corrected chi connectivity index (χ2v) is 12.5. The van der Waals surface area contributed by atoms with E-state index < -0.39 is 19.6 Å². The van der Waals surface area contributed by atoms with Crippen LogP contribution in [0.5, 0.6) is 11.5 Å². The summed E-state index contributed by atoms with van der Waals surface area (Å²) in [7, 11) is -2.42. The molecule has 2 heterocycles. The second kappa shape index (κ2) is 5.40. The van der Waals surface area contributed by atoms with Crippen molar-refractivity contribution in [2.24, 2.45) is 0 Å². The molecule has 1 unspecified atom stereocenters. The van der Waals surface area contributed by atoms with Crippen molar-refractivity contribution in [3.05, 3.63) is 81.9 Å². The topological polar surface area (TPSA) is 66.8 Å². The van der Waals surface area contributed by atoms with Gasteiger partial charge >= 0.3 is 5.97 Å². The summed E-state index contributed by atoms with van der Waals surface area (Å²) in [6.07, 6.45) is 0. The number of esters is 1. The second-order valence-electron chi connectivity index (χ2n) is 7.79. The molecule has 2 N–H and O–H groups in total. The first-order chi connectivity index (χ1) is 13.3. The molecule has 0 amide bonds. The molecule has 4 nitrogen and oxygen atoms in total. The smallest absolute Gasteiger partial charge is 0.340 e. The summed E-state index contributed by atoms with van der Waals surface area (Å²) in [4.78, 5) is 12.8. The van der Waals surface area contributed by atoms with Gasteiger partial charge in [0.1, 0.15) is 11.5 Å². The number of carbonyl (C=O) groups is 1. The Labute approximate surface area is 168 Å². The number of fused-ring (bicyclic) bond motifs is 6. The fourth-order valence-electron chi connectivity index (χ4n) is 4.72. The van der Waals surface area contributed by atoms with Crippen LogP contribution < -0.4 is 10.4 Å². The fraction of sp³-hybridized carbons (Fsp3) is 0.136. The zero-order valence-corrected chi connectivity index (χ0v) is 17.0. The Hall–Kier alpha value is -2.76.